The molecule has 0 saturated carbocycles. The topological polar surface area (TPSA) is 60.9 Å². The second kappa shape index (κ2) is 5.90. The van der Waals surface area contributed by atoms with Gasteiger partial charge in [0.05, 0.1) is 6.42 Å². The lowest BCUT2D eigenvalue weighted by Gasteiger charge is -2.29. The van der Waals surface area contributed by atoms with Gasteiger partial charge in [0.25, 0.3) is 0 Å². The van der Waals surface area contributed by atoms with Crippen LogP contribution in [0.1, 0.15) is 19.3 Å². The fourth-order valence-corrected chi connectivity index (χ4v) is 2.49. The van der Waals surface area contributed by atoms with Crippen LogP contribution in [0.3, 0.4) is 0 Å². The number of hydrogen-bond acceptors (Lipinski definition) is 2. The molecule has 2 amide bonds. The van der Waals surface area contributed by atoms with Crippen LogP contribution in [0.2, 0.25) is 0 Å². The van der Waals surface area contributed by atoms with Crippen LogP contribution in [0, 0.1) is 5.82 Å². The molecule has 0 radical (unpaired) electrons. The first-order valence-electron chi connectivity index (χ1n) is 6.50. The van der Waals surface area contributed by atoms with Crippen molar-refractivity contribution in [2.24, 2.45) is 0 Å². The maximum absolute atomic E-state index is 13.2. The van der Waals surface area contributed by atoms with E-state index in [1.54, 1.807) is 18.0 Å². The molecule has 0 aliphatic carbocycles. The van der Waals surface area contributed by atoms with Crippen molar-refractivity contribution in [1.82, 2.24) is 4.90 Å². The minimum absolute atomic E-state index is 0.0528. The predicted octanol–water partition coefficient (Wildman–Crippen LogP) is 2.32. The number of likely N-dealkylation sites (tertiary alicyclic amines) is 1. The third-order valence-corrected chi connectivity index (χ3v) is 3.52. The molecule has 5 nitrogen and oxygen atoms in total. The van der Waals surface area contributed by atoms with E-state index in [2.05, 4.69) is 0 Å². The standard InChI is InChI=1S/C14H17FN2O3/c1-16(11-5-2-4-10(15)8-11)14(20)17-7-3-6-12(17)9-13(18)19/h2,4-5,8,12H,3,6-7,9H2,1H3,(H,18,19). The molecule has 108 valence electrons. The highest BCUT2D eigenvalue weighted by molar-refractivity contribution is 5.92. The molecular weight excluding hydrogens is 263 g/mol. The summed E-state index contributed by atoms with van der Waals surface area (Å²) in [6, 6.07) is 5.19. The van der Waals surface area contributed by atoms with Crippen molar-refractivity contribution in [2.75, 3.05) is 18.5 Å². The summed E-state index contributed by atoms with van der Waals surface area (Å²) in [5, 5.41) is 8.86. The van der Waals surface area contributed by atoms with Crippen LogP contribution >= 0.6 is 0 Å². The fraction of sp³-hybridized carbons (Fsp3) is 0.429. The molecular formula is C14H17FN2O3. The molecule has 1 aliphatic heterocycles. The van der Waals surface area contributed by atoms with Crippen molar-refractivity contribution < 1.29 is 19.1 Å². The van der Waals surface area contributed by atoms with Crippen LogP contribution in [0.5, 0.6) is 0 Å². The average Bonchev–Trinajstić information content (AvgIpc) is 2.84. The van der Waals surface area contributed by atoms with Gasteiger partial charge in [0, 0.05) is 25.3 Å². The molecule has 1 N–H and O–H groups in total. The Morgan fingerprint density at radius 1 is 1.50 bits per heavy atom. The van der Waals surface area contributed by atoms with Gasteiger partial charge in [-0.2, -0.15) is 0 Å². The molecule has 0 aromatic heterocycles. The molecule has 0 spiro atoms. The summed E-state index contributed by atoms with van der Waals surface area (Å²) < 4.78 is 13.2. The highest BCUT2D eigenvalue weighted by Gasteiger charge is 2.32. The van der Waals surface area contributed by atoms with Crippen molar-refractivity contribution in [3.63, 3.8) is 0 Å². The third-order valence-electron chi connectivity index (χ3n) is 3.52. The molecule has 2 rings (SSSR count). The predicted molar refractivity (Wildman–Crippen MR) is 72.2 cm³/mol. The van der Waals surface area contributed by atoms with Gasteiger partial charge >= 0.3 is 12.0 Å². The van der Waals surface area contributed by atoms with Crippen LogP contribution in [-0.4, -0.2) is 41.6 Å². The molecule has 1 heterocycles. The van der Waals surface area contributed by atoms with Gasteiger partial charge in [-0.25, -0.2) is 9.18 Å². The van der Waals surface area contributed by atoms with E-state index in [0.29, 0.717) is 18.7 Å². The number of halogens is 1. The minimum Gasteiger partial charge on any atom is -0.481 e. The molecule has 1 unspecified atom stereocenters. The number of rotatable bonds is 3. The molecule has 1 aromatic rings. The highest BCUT2D eigenvalue weighted by atomic mass is 19.1. The van der Waals surface area contributed by atoms with E-state index < -0.39 is 11.8 Å². The number of nitrogens with zero attached hydrogens (tertiary/aromatic N) is 2. The molecule has 1 atom stereocenters. The SMILES string of the molecule is CN(C(=O)N1CCCC1CC(=O)O)c1cccc(F)c1. The van der Waals surface area contributed by atoms with Gasteiger partial charge in [0.1, 0.15) is 5.82 Å². The Morgan fingerprint density at radius 3 is 2.90 bits per heavy atom. The number of anilines is 1. The van der Waals surface area contributed by atoms with Gasteiger partial charge in [-0.05, 0) is 31.0 Å². The van der Waals surface area contributed by atoms with Crippen LogP contribution < -0.4 is 4.90 Å². The lowest BCUT2D eigenvalue weighted by molar-refractivity contribution is -0.137. The number of carboxylic acids is 1. The van der Waals surface area contributed by atoms with Crippen LogP contribution in [-0.2, 0) is 4.79 Å². The summed E-state index contributed by atoms with van der Waals surface area (Å²) in [7, 11) is 1.56. The molecule has 1 fully saturated rings. The van der Waals surface area contributed by atoms with E-state index in [9.17, 15) is 14.0 Å². The van der Waals surface area contributed by atoms with E-state index in [1.165, 1.54) is 23.1 Å². The Balaban J connectivity index is 2.11. The molecule has 0 bridgehead atoms. The number of carbonyl (C=O) groups is 2. The largest absolute Gasteiger partial charge is 0.481 e. The number of carbonyl (C=O) groups excluding carboxylic acids is 1. The first kappa shape index (κ1) is 14.3. The van der Waals surface area contributed by atoms with Gasteiger partial charge < -0.3 is 10.0 Å². The molecule has 1 saturated heterocycles. The van der Waals surface area contributed by atoms with Gasteiger partial charge in [0.2, 0.25) is 0 Å². The zero-order valence-corrected chi connectivity index (χ0v) is 11.3. The smallest absolute Gasteiger partial charge is 0.324 e. The Bertz CT molecular complexity index is 521. The summed E-state index contributed by atoms with van der Waals surface area (Å²) >= 11 is 0. The maximum atomic E-state index is 13.2. The summed E-state index contributed by atoms with van der Waals surface area (Å²) in [4.78, 5) is 26.1. The van der Waals surface area contributed by atoms with Crippen LogP contribution in [0.15, 0.2) is 24.3 Å². The van der Waals surface area contributed by atoms with Crippen molar-refractivity contribution >= 4 is 17.7 Å². The van der Waals surface area contributed by atoms with Crippen molar-refractivity contribution in [2.45, 2.75) is 25.3 Å². The number of hydrogen-bond donors (Lipinski definition) is 1. The summed E-state index contributed by atoms with van der Waals surface area (Å²) in [5.74, 6) is -1.33. The number of benzene rings is 1. The second-order valence-electron chi connectivity index (χ2n) is 4.91. The van der Waals surface area contributed by atoms with E-state index >= 15 is 0 Å². The first-order valence-corrected chi connectivity index (χ1v) is 6.50. The number of aliphatic carboxylic acids is 1. The number of amides is 2. The van der Waals surface area contributed by atoms with E-state index in [1.807, 2.05) is 0 Å². The molecule has 1 aliphatic rings. The Kier molecular flexibility index (Phi) is 4.22. The Labute approximate surface area is 116 Å². The lowest BCUT2D eigenvalue weighted by Crippen LogP contribution is -2.44. The van der Waals surface area contributed by atoms with Gasteiger partial charge in [-0.3, -0.25) is 9.69 Å². The van der Waals surface area contributed by atoms with E-state index in [0.717, 1.165) is 6.42 Å². The normalized spacial score (nSPS) is 18.1. The minimum atomic E-state index is -0.914. The Morgan fingerprint density at radius 2 is 2.25 bits per heavy atom. The summed E-state index contributed by atoms with van der Waals surface area (Å²) in [5.41, 5.74) is 0.455. The molecule has 1 aromatic carbocycles. The highest BCUT2D eigenvalue weighted by Crippen LogP contribution is 2.24. The van der Waals surface area contributed by atoms with Gasteiger partial charge in [-0.15, -0.1) is 0 Å². The number of urea groups is 1. The van der Waals surface area contributed by atoms with Gasteiger partial charge in [0.15, 0.2) is 0 Å². The monoisotopic (exact) mass is 280 g/mol. The van der Waals surface area contributed by atoms with Gasteiger partial charge in [-0.1, -0.05) is 6.07 Å². The van der Waals surface area contributed by atoms with E-state index in [-0.39, 0.29) is 18.5 Å². The summed E-state index contributed by atoms with van der Waals surface area (Å²) in [6.45, 7) is 0.538. The van der Waals surface area contributed by atoms with Crippen molar-refractivity contribution in [1.29, 1.82) is 0 Å². The third kappa shape index (κ3) is 3.07. The Hall–Kier alpha value is -2.11. The van der Waals surface area contributed by atoms with E-state index in [4.69, 9.17) is 5.11 Å². The van der Waals surface area contributed by atoms with Crippen LogP contribution in [0.4, 0.5) is 14.9 Å². The first-order chi connectivity index (χ1) is 9.49. The average molecular weight is 280 g/mol. The number of carboxylic acid groups (broad SMARTS) is 1. The van der Waals surface area contributed by atoms with Crippen LogP contribution in [0.25, 0.3) is 0 Å². The quantitative estimate of drug-likeness (QED) is 0.924. The molecule has 20 heavy (non-hydrogen) atoms. The molecule has 6 heteroatoms. The summed E-state index contributed by atoms with van der Waals surface area (Å²) in [6.07, 6.45) is 1.43. The zero-order chi connectivity index (χ0) is 14.7. The zero-order valence-electron chi connectivity index (χ0n) is 11.3. The second-order valence-corrected chi connectivity index (χ2v) is 4.91. The maximum Gasteiger partial charge on any atom is 0.324 e. The fourth-order valence-electron chi connectivity index (χ4n) is 2.49. The lowest BCUT2D eigenvalue weighted by atomic mass is 10.1. The van der Waals surface area contributed by atoms with Crippen molar-refractivity contribution in [3.05, 3.63) is 30.1 Å². The van der Waals surface area contributed by atoms with Crippen molar-refractivity contribution in [3.8, 4) is 0 Å².